The Balaban J connectivity index is 2.02. The molecule has 84 valence electrons. The average molecular weight is 429 g/mol. The molecule has 16 heavy (non-hydrogen) atoms. The van der Waals surface area contributed by atoms with Crippen molar-refractivity contribution in [2.75, 3.05) is 5.32 Å². The SMILES string of the molecule is Clc1sc(CNc2cccc(I)c2)cc1Br. The predicted molar refractivity (Wildman–Crippen MR) is 83.5 cm³/mol. The molecule has 0 aliphatic rings. The Morgan fingerprint density at radius 2 is 2.19 bits per heavy atom. The summed E-state index contributed by atoms with van der Waals surface area (Å²) in [5.41, 5.74) is 1.13. The largest absolute Gasteiger partial charge is 0.380 e. The summed E-state index contributed by atoms with van der Waals surface area (Å²) < 4.78 is 3.01. The van der Waals surface area contributed by atoms with Gasteiger partial charge in [-0.3, -0.25) is 0 Å². The van der Waals surface area contributed by atoms with Gasteiger partial charge in [0, 0.05) is 25.2 Å². The molecule has 1 nitrogen and oxygen atoms in total. The van der Waals surface area contributed by atoms with Crippen molar-refractivity contribution >= 4 is 67.1 Å². The van der Waals surface area contributed by atoms with Crippen molar-refractivity contribution in [3.63, 3.8) is 0 Å². The summed E-state index contributed by atoms with van der Waals surface area (Å²) in [5.74, 6) is 0. The van der Waals surface area contributed by atoms with Crippen molar-refractivity contribution in [3.8, 4) is 0 Å². The molecule has 5 heteroatoms. The number of benzene rings is 1. The highest BCUT2D eigenvalue weighted by atomic mass is 127. The van der Waals surface area contributed by atoms with Crippen molar-refractivity contribution in [3.05, 3.63) is 47.6 Å². The van der Waals surface area contributed by atoms with Crippen LogP contribution in [-0.2, 0) is 6.54 Å². The van der Waals surface area contributed by atoms with Crippen molar-refractivity contribution in [1.82, 2.24) is 0 Å². The van der Waals surface area contributed by atoms with Crippen LogP contribution >= 0.6 is 61.5 Å². The fourth-order valence-electron chi connectivity index (χ4n) is 1.27. The van der Waals surface area contributed by atoms with Gasteiger partial charge in [-0.2, -0.15) is 0 Å². The lowest BCUT2D eigenvalue weighted by atomic mass is 10.3. The van der Waals surface area contributed by atoms with E-state index in [1.165, 1.54) is 8.45 Å². The van der Waals surface area contributed by atoms with Gasteiger partial charge >= 0.3 is 0 Å². The van der Waals surface area contributed by atoms with Gasteiger partial charge in [-0.05, 0) is 62.8 Å². The van der Waals surface area contributed by atoms with E-state index in [0.29, 0.717) is 0 Å². The van der Waals surface area contributed by atoms with Gasteiger partial charge in [-0.15, -0.1) is 11.3 Å². The second-order valence-electron chi connectivity index (χ2n) is 3.20. The summed E-state index contributed by atoms with van der Waals surface area (Å²) in [7, 11) is 0. The molecule has 1 N–H and O–H groups in total. The van der Waals surface area contributed by atoms with E-state index in [-0.39, 0.29) is 0 Å². The van der Waals surface area contributed by atoms with Crippen LogP contribution in [0.25, 0.3) is 0 Å². The van der Waals surface area contributed by atoms with Gasteiger partial charge in [0.1, 0.15) is 4.34 Å². The van der Waals surface area contributed by atoms with E-state index < -0.39 is 0 Å². The molecule has 0 amide bonds. The quantitative estimate of drug-likeness (QED) is 0.647. The first-order valence-electron chi connectivity index (χ1n) is 4.58. The maximum absolute atomic E-state index is 5.98. The minimum atomic E-state index is 0.802. The normalized spacial score (nSPS) is 10.4. The third kappa shape index (κ3) is 3.35. The molecule has 0 saturated heterocycles. The first kappa shape index (κ1) is 12.7. The molecule has 0 bridgehead atoms. The molecule has 0 atom stereocenters. The van der Waals surface area contributed by atoms with Crippen molar-refractivity contribution in [2.24, 2.45) is 0 Å². The second-order valence-corrected chi connectivity index (χ2v) is 7.04. The summed E-state index contributed by atoms with van der Waals surface area (Å²) in [6.45, 7) is 0.802. The topological polar surface area (TPSA) is 12.0 Å². The molecule has 1 aromatic heterocycles. The Morgan fingerprint density at radius 1 is 1.38 bits per heavy atom. The third-order valence-electron chi connectivity index (χ3n) is 1.99. The van der Waals surface area contributed by atoms with E-state index in [1.807, 2.05) is 12.1 Å². The number of rotatable bonds is 3. The zero-order valence-electron chi connectivity index (χ0n) is 8.14. The van der Waals surface area contributed by atoms with E-state index >= 15 is 0 Å². The van der Waals surface area contributed by atoms with E-state index in [9.17, 15) is 0 Å². The highest BCUT2D eigenvalue weighted by Gasteiger charge is 2.04. The fourth-order valence-corrected chi connectivity index (χ4v) is 3.54. The zero-order chi connectivity index (χ0) is 11.5. The molecule has 2 rings (SSSR count). The van der Waals surface area contributed by atoms with Crippen LogP contribution in [0.2, 0.25) is 4.34 Å². The number of anilines is 1. The lowest BCUT2D eigenvalue weighted by Gasteiger charge is -2.04. The number of nitrogens with one attached hydrogen (secondary N) is 1. The van der Waals surface area contributed by atoms with Crippen molar-refractivity contribution in [2.45, 2.75) is 6.54 Å². The molecule has 0 saturated carbocycles. The fraction of sp³-hybridized carbons (Fsp3) is 0.0909. The van der Waals surface area contributed by atoms with E-state index in [2.05, 4.69) is 62.0 Å². The Kier molecular flexibility index (Phi) is 4.52. The van der Waals surface area contributed by atoms with Gasteiger partial charge in [-0.25, -0.2) is 0 Å². The maximum atomic E-state index is 5.98. The van der Waals surface area contributed by atoms with Gasteiger partial charge in [0.15, 0.2) is 0 Å². The molecule has 2 aromatic rings. The maximum Gasteiger partial charge on any atom is 0.107 e. The van der Waals surface area contributed by atoms with Crippen LogP contribution in [0.4, 0.5) is 5.69 Å². The first-order chi connectivity index (χ1) is 7.65. The number of thiophene rings is 1. The van der Waals surface area contributed by atoms with Crippen LogP contribution in [-0.4, -0.2) is 0 Å². The second kappa shape index (κ2) is 5.71. The summed E-state index contributed by atoms with van der Waals surface area (Å²) in [4.78, 5) is 1.22. The van der Waals surface area contributed by atoms with Crippen LogP contribution in [0.1, 0.15) is 4.88 Å². The highest BCUT2D eigenvalue weighted by molar-refractivity contribution is 14.1. The molecular formula is C11H8BrClINS. The van der Waals surface area contributed by atoms with E-state index in [0.717, 1.165) is 21.0 Å². The molecular weight excluding hydrogens is 420 g/mol. The van der Waals surface area contributed by atoms with E-state index in [1.54, 1.807) is 11.3 Å². The number of halogens is 3. The summed E-state index contributed by atoms with van der Waals surface area (Å²) in [5, 5.41) is 3.37. The minimum absolute atomic E-state index is 0.802. The smallest absolute Gasteiger partial charge is 0.107 e. The molecule has 0 unspecified atom stereocenters. The third-order valence-corrected chi connectivity index (χ3v) is 5.13. The monoisotopic (exact) mass is 427 g/mol. The Bertz CT molecular complexity index is 481. The molecule has 1 aromatic carbocycles. The Labute approximate surface area is 125 Å². The summed E-state index contributed by atoms with van der Waals surface area (Å²) in [6.07, 6.45) is 0. The molecule has 0 aliphatic carbocycles. The van der Waals surface area contributed by atoms with Gasteiger partial charge in [-0.1, -0.05) is 17.7 Å². The summed E-state index contributed by atoms with van der Waals surface area (Å²) >= 11 is 13.3. The van der Waals surface area contributed by atoms with Crippen LogP contribution in [0.15, 0.2) is 34.8 Å². The Hall–Kier alpha value is 0.220. The highest BCUT2D eigenvalue weighted by Crippen LogP contribution is 2.32. The molecule has 0 radical (unpaired) electrons. The predicted octanol–water partition coefficient (Wildman–Crippen LogP) is 5.38. The molecule has 0 fully saturated rings. The number of hydrogen-bond donors (Lipinski definition) is 1. The van der Waals surface area contributed by atoms with Crippen LogP contribution in [0.3, 0.4) is 0 Å². The zero-order valence-corrected chi connectivity index (χ0v) is 13.5. The van der Waals surface area contributed by atoms with E-state index in [4.69, 9.17) is 11.6 Å². The van der Waals surface area contributed by atoms with Gasteiger partial charge < -0.3 is 5.32 Å². The first-order valence-corrected chi connectivity index (χ1v) is 7.65. The number of hydrogen-bond acceptors (Lipinski definition) is 2. The molecule has 1 heterocycles. The lowest BCUT2D eigenvalue weighted by molar-refractivity contribution is 1.19. The van der Waals surface area contributed by atoms with Gasteiger partial charge in [0.2, 0.25) is 0 Å². The summed E-state index contributed by atoms with van der Waals surface area (Å²) in [6, 6.07) is 10.3. The average Bonchev–Trinajstić information content (AvgIpc) is 2.56. The van der Waals surface area contributed by atoms with Gasteiger partial charge in [0.25, 0.3) is 0 Å². The lowest BCUT2D eigenvalue weighted by Crippen LogP contribution is -1.97. The van der Waals surface area contributed by atoms with Crippen LogP contribution in [0.5, 0.6) is 0 Å². The van der Waals surface area contributed by atoms with Crippen molar-refractivity contribution in [1.29, 1.82) is 0 Å². The van der Waals surface area contributed by atoms with Crippen LogP contribution in [0, 0.1) is 3.57 Å². The Morgan fingerprint density at radius 3 is 2.81 bits per heavy atom. The van der Waals surface area contributed by atoms with Crippen molar-refractivity contribution < 1.29 is 0 Å². The minimum Gasteiger partial charge on any atom is -0.380 e. The molecule has 0 spiro atoms. The van der Waals surface area contributed by atoms with Crippen LogP contribution < -0.4 is 5.32 Å². The molecule has 0 aliphatic heterocycles. The standard InChI is InChI=1S/C11H8BrClINS/c12-10-5-9(16-11(10)13)6-15-8-3-1-2-7(14)4-8/h1-5,15H,6H2. The van der Waals surface area contributed by atoms with Gasteiger partial charge in [0.05, 0.1) is 0 Å².